The molecule has 0 radical (unpaired) electrons. The molecule has 0 saturated carbocycles. The van der Waals surface area contributed by atoms with Crippen LogP contribution in [0.4, 0.5) is 0 Å². The normalized spacial score (nSPS) is 11.6. The number of hydrogen-bond acceptors (Lipinski definition) is 4. The van der Waals surface area contributed by atoms with Crippen molar-refractivity contribution in [2.75, 3.05) is 33.7 Å². The van der Waals surface area contributed by atoms with Gasteiger partial charge in [0.05, 0.1) is 17.2 Å². The van der Waals surface area contributed by atoms with Gasteiger partial charge in [-0.25, -0.2) is 4.98 Å². The van der Waals surface area contributed by atoms with E-state index in [0.717, 1.165) is 44.5 Å². The second kappa shape index (κ2) is 10.2. The summed E-state index contributed by atoms with van der Waals surface area (Å²) in [5.41, 5.74) is 2.17. The van der Waals surface area contributed by atoms with Crippen LogP contribution in [-0.4, -0.2) is 53.1 Å². The van der Waals surface area contributed by atoms with Crippen LogP contribution in [0, 0.1) is 0 Å². The molecule has 0 unspecified atom stereocenters. The Morgan fingerprint density at radius 2 is 1.54 bits per heavy atom. The van der Waals surface area contributed by atoms with E-state index >= 15 is 0 Å². The van der Waals surface area contributed by atoms with Crippen molar-refractivity contribution in [1.82, 2.24) is 19.4 Å². The van der Waals surface area contributed by atoms with Crippen molar-refractivity contribution in [1.29, 1.82) is 0 Å². The van der Waals surface area contributed by atoms with E-state index in [-0.39, 0.29) is 5.56 Å². The summed E-state index contributed by atoms with van der Waals surface area (Å²) >= 11 is 0. The Labute approximate surface area is 167 Å². The number of aromatic nitrogens is 2. The minimum atomic E-state index is 0.0517. The molecule has 1 heterocycles. The standard InChI is InChI=1S/C23H30N4O/c1-25(14-8-16-26(2)18-20-10-4-3-5-11-20)15-9-17-27-19-24-22-13-7-6-12-21(22)23(27)28/h3-7,10-13,19H,8-9,14-18H2,1-2H3. The zero-order valence-electron chi connectivity index (χ0n) is 16.9. The summed E-state index contributed by atoms with van der Waals surface area (Å²) in [5, 5.41) is 0.694. The van der Waals surface area contributed by atoms with Gasteiger partial charge in [0, 0.05) is 13.1 Å². The van der Waals surface area contributed by atoms with Gasteiger partial charge in [-0.3, -0.25) is 9.36 Å². The smallest absolute Gasteiger partial charge is 0.261 e. The molecular weight excluding hydrogens is 348 g/mol. The fourth-order valence-corrected chi connectivity index (χ4v) is 3.47. The Morgan fingerprint density at radius 1 is 0.857 bits per heavy atom. The number of rotatable bonds is 10. The first kappa shape index (κ1) is 20.2. The number of hydrogen-bond donors (Lipinski definition) is 0. The molecule has 0 saturated heterocycles. The number of nitrogens with zero attached hydrogens (tertiary/aromatic N) is 4. The summed E-state index contributed by atoms with van der Waals surface area (Å²) in [6.45, 7) is 4.80. The number of aryl methyl sites for hydroxylation is 1. The van der Waals surface area contributed by atoms with E-state index in [1.807, 2.05) is 24.3 Å². The maximum Gasteiger partial charge on any atom is 0.261 e. The van der Waals surface area contributed by atoms with E-state index in [1.54, 1.807) is 10.9 Å². The largest absolute Gasteiger partial charge is 0.306 e. The number of para-hydroxylation sites is 1. The predicted octanol–water partition coefficient (Wildman–Crippen LogP) is 3.24. The third-order valence-electron chi connectivity index (χ3n) is 5.05. The van der Waals surface area contributed by atoms with Crippen LogP contribution in [0.2, 0.25) is 0 Å². The number of fused-ring (bicyclic) bond motifs is 1. The summed E-state index contributed by atoms with van der Waals surface area (Å²) in [6, 6.07) is 18.1. The van der Waals surface area contributed by atoms with Crippen molar-refractivity contribution in [3.8, 4) is 0 Å². The molecule has 3 rings (SSSR count). The topological polar surface area (TPSA) is 41.4 Å². The average molecular weight is 379 g/mol. The Hall–Kier alpha value is -2.50. The summed E-state index contributed by atoms with van der Waals surface area (Å²) in [5.74, 6) is 0. The molecule has 3 aromatic rings. The van der Waals surface area contributed by atoms with Crippen molar-refractivity contribution in [3.05, 3.63) is 76.8 Å². The molecule has 0 aliphatic heterocycles. The highest BCUT2D eigenvalue weighted by atomic mass is 16.1. The lowest BCUT2D eigenvalue weighted by Crippen LogP contribution is -2.28. The van der Waals surface area contributed by atoms with Gasteiger partial charge in [-0.1, -0.05) is 42.5 Å². The first-order chi connectivity index (χ1) is 13.6. The molecule has 28 heavy (non-hydrogen) atoms. The lowest BCUT2D eigenvalue weighted by Gasteiger charge is -2.20. The summed E-state index contributed by atoms with van der Waals surface area (Å²) in [6.07, 6.45) is 3.75. The summed E-state index contributed by atoms with van der Waals surface area (Å²) < 4.78 is 1.73. The molecule has 148 valence electrons. The van der Waals surface area contributed by atoms with E-state index < -0.39 is 0 Å². The van der Waals surface area contributed by atoms with Crippen molar-refractivity contribution in [2.24, 2.45) is 0 Å². The monoisotopic (exact) mass is 378 g/mol. The van der Waals surface area contributed by atoms with Gasteiger partial charge in [0.15, 0.2) is 0 Å². The SMILES string of the molecule is CN(CCCN(C)Cc1ccccc1)CCCn1cnc2ccccc2c1=O. The molecule has 0 amide bonds. The van der Waals surface area contributed by atoms with Crippen molar-refractivity contribution in [3.63, 3.8) is 0 Å². The Bertz CT molecular complexity index is 923. The summed E-state index contributed by atoms with van der Waals surface area (Å²) in [7, 11) is 4.32. The maximum absolute atomic E-state index is 12.5. The quantitative estimate of drug-likeness (QED) is 0.543. The molecule has 0 aliphatic carbocycles. The second-order valence-electron chi connectivity index (χ2n) is 7.49. The average Bonchev–Trinajstić information content (AvgIpc) is 2.71. The minimum absolute atomic E-state index is 0.0517. The molecule has 0 N–H and O–H groups in total. The van der Waals surface area contributed by atoms with Gasteiger partial charge in [-0.05, 0) is 64.3 Å². The van der Waals surface area contributed by atoms with Crippen LogP contribution in [0.5, 0.6) is 0 Å². The van der Waals surface area contributed by atoms with Gasteiger partial charge in [0.1, 0.15) is 0 Å². The lowest BCUT2D eigenvalue weighted by molar-refractivity contribution is 0.269. The molecule has 0 aliphatic rings. The van der Waals surface area contributed by atoms with Gasteiger partial charge in [0.2, 0.25) is 0 Å². The Morgan fingerprint density at radius 3 is 2.36 bits per heavy atom. The van der Waals surface area contributed by atoms with E-state index in [0.29, 0.717) is 11.9 Å². The van der Waals surface area contributed by atoms with Gasteiger partial charge < -0.3 is 9.80 Å². The van der Waals surface area contributed by atoms with E-state index in [1.165, 1.54) is 5.56 Å². The van der Waals surface area contributed by atoms with Crippen molar-refractivity contribution < 1.29 is 0 Å². The van der Waals surface area contributed by atoms with E-state index in [9.17, 15) is 4.79 Å². The van der Waals surface area contributed by atoms with Crippen LogP contribution in [-0.2, 0) is 13.1 Å². The highest BCUT2D eigenvalue weighted by Crippen LogP contribution is 2.05. The predicted molar refractivity (Wildman–Crippen MR) is 116 cm³/mol. The number of benzene rings is 2. The van der Waals surface area contributed by atoms with Gasteiger partial charge in [-0.15, -0.1) is 0 Å². The fraction of sp³-hybridized carbons (Fsp3) is 0.391. The van der Waals surface area contributed by atoms with Crippen LogP contribution in [0.15, 0.2) is 65.7 Å². The van der Waals surface area contributed by atoms with E-state index in [2.05, 4.69) is 59.2 Å². The first-order valence-electron chi connectivity index (χ1n) is 9.98. The van der Waals surface area contributed by atoms with Crippen LogP contribution in [0.1, 0.15) is 18.4 Å². The molecule has 0 fully saturated rings. The Balaban J connectivity index is 1.37. The zero-order valence-corrected chi connectivity index (χ0v) is 16.9. The highest BCUT2D eigenvalue weighted by Gasteiger charge is 2.05. The van der Waals surface area contributed by atoms with Gasteiger partial charge in [-0.2, -0.15) is 0 Å². The molecule has 0 bridgehead atoms. The summed E-state index contributed by atoms with van der Waals surface area (Å²) in [4.78, 5) is 21.6. The van der Waals surface area contributed by atoms with Crippen LogP contribution >= 0.6 is 0 Å². The van der Waals surface area contributed by atoms with Gasteiger partial charge in [0.25, 0.3) is 5.56 Å². The van der Waals surface area contributed by atoms with Crippen molar-refractivity contribution >= 4 is 10.9 Å². The fourth-order valence-electron chi connectivity index (χ4n) is 3.47. The minimum Gasteiger partial charge on any atom is -0.306 e. The van der Waals surface area contributed by atoms with Gasteiger partial charge >= 0.3 is 0 Å². The third-order valence-corrected chi connectivity index (χ3v) is 5.05. The lowest BCUT2D eigenvalue weighted by atomic mass is 10.2. The molecule has 0 atom stereocenters. The van der Waals surface area contributed by atoms with Crippen molar-refractivity contribution in [2.45, 2.75) is 25.9 Å². The third kappa shape index (κ3) is 5.75. The molecule has 2 aromatic carbocycles. The van der Waals surface area contributed by atoms with Crippen LogP contribution in [0.3, 0.4) is 0 Å². The molecule has 0 spiro atoms. The zero-order chi connectivity index (χ0) is 19.8. The first-order valence-corrected chi connectivity index (χ1v) is 9.98. The van der Waals surface area contributed by atoms with Crippen LogP contribution in [0.25, 0.3) is 10.9 Å². The second-order valence-corrected chi connectivity index (χ2v) is 7.49. The molecular formula is C23H30N4O. The Kier molecular flexibility index (Phi) is 7.34. The molecule has 1 aromatic heterocycles. The molecule has 5 heteroatoms. The van der Waals surface area contributed by atoms with E-state index in [4.69, 9.17) is 0 Å². The van der Waals surface area contributed by atoms with Crippen LogP contribution < -0.4 is 5.56 Å². The highest BCUT2D eigenvalue weighted by molar-refractivity contribution is 5.76. The maximum atomic E-state index is 12.5. The molecule has 5 nitrogen and oxygen atoms in total.